The molecule has 1 atom stereocenters. The predicted octanol–water partition coefficient (Wildman–Crippen LogP) is 3.38. The maximum atomic E-state index is 11.2. The van der Waals surface area contributed by atoms with Gasteiger partial charge in [-0.25, -0.2) is 0 Å². The van der Waals surface area contributed by atoms with Gasteiger partial charge in [-0.15, -0.1) is 0 Å². The van der Waals surface area contributed by atoms with Crippen LogP contribution in [0.15, 0.2) is 11.1 Å². The zero-order chi connectivity index (χ0) is 9.72. The fourth-order valence-electron chi connectivity index (χ4n) is 1.24. The fourth-order valence-corrected chi connectivity index (χ4v) is 1.33. The summed E-state index contributed by atoms with van der Waals surface area (Å²) in [6.45, 7) is 7.72. The number of hydrogen-bond acceptors (Lipinski definition) is 1. The number of ketones is 1. The summed E-state index contributed by atoms with van der Waals surface area (Å²) < 4.78 is 0. The quantitative estimate of drug-likeness (QED) is 0.661. The van der Waals surface area contributed by atoms with E-state index in [4.69, 9.17) is 11.6 Å². The van der Waals surface area contributed by atoms with Gasteiger partial charge in [0.25, 0.3) is 0 Å². The lowest BCUT2D eigenvalue weighted by Crippen LogP contribution is -2.17. The van der Waals surface area contributed by atoms with Gasteiger partial charge in [0.2, 0.25) is 0 Å². The lowest BCUT2D eigenvalue weighted by molar-refractivity contribution is -0.121. The smallest absolute Gasteiger partial charge is 0.133 e. The summed E-state index contributed by atoms with van der Waals surface area (Å²) in [4.78, 5) is 11.2. The number of carbonyl (C=O) groups is 1. The third-order valence-electron chi connectivity index (χ3n) is 2.06. The average molecular weight is 189 g/mol. The van der Waals surface area contributed by atoms with Crippen LogP contribution in [0.1, 0.15) is 34.1 Å². The summed E-state index contributed by atoms with van der Waals surface area (Å²) >= 11 is 5.53. The average Bonchev–Trinajstić information content (AvgIpc) is 1.98. The second kappa shape index (κ2) is 5.36. The molecule has 0 aromatic rings. The van der Waals surface area contributed by atoms with E-state index in [2.05, 4.69) is 13.8 Å². The number of rotatable bonds is 4. The third-order valence-corrected chi connectivity index (χ3v) is 2.43. The molecule has 0 radical (unpaired) electrons. The second-order valence-corrected chi connectivity index (χ2v) is 3.84. The maximum absolute atomic E-state index is 11.2. The molecule has 0 aliphatic heterocycles. The molecule has 12 heavy (non-hydrogen) atoms. The Kier molecular flexibility index (Phi) is 5.23. The minimum absolute atomic E-state index is 0.125. The molecule has 1 unspecified atom stereocenters. The van der Waals surface area contributed by atoms with Crippen molar-refractivity contribution in [3.63, 3.8) is 0 Å². The van der Waals surface area contributed by atoms with Gasteiger partial charge < -0.3 is 0 Å². The molecule has 1 nitrogen and oxygen atoms in total. The summed E-state index contributed by atoms with van der Waals surface area (Å²) in [6.07, 6.45) is 0.788. The monoisotopic (exact) mass is 188 g/mol. The van der Waals surface area contributed by atoms with Gasteiger partial charge in [0.05, 0.1) is 0 Å². The number of hydrogen-bond donors (Lipinski definition) is 0. The Balaban J connectivity index is 4.24. The van der Waals surface area contributed by atoms with Crippen molar-refractivity contribution < 1.29 is 4.79 Å². The van der Waals surface area contributed by atoms with Gasteiger partial charge in [0.15, 0.2) is 0 Å². The van der Waals surface area contributed by atoms with Gasteiger partial charge in [-0.1, -0.05) is 31.0 Å². The van der Waals surface area contributed by atoms with Gasteiger partial charge in [0.1, 0.15) is 5.78 Å². The molecule has 0 aromatic carbocycles. The molecular weight excluding hydrogens is 172 g/mol. The van der Waals surface area contributed by atoms with Gasteiger partial charge in [-0.05, 0) is 26.2 Å². The minimum Gasteiger partial charge on any atom is -0.300 e. The molecule has 0 saturated heterocycles. The van der Waals surface area contributed by atoms with Gasteiger partial charge >= 0.3 is 0 Å². The highest BCUT2D eigenvalue weighted by atomic mass is 35.5. The first-order chi connectivity index (χ1) is 5.49. The van der Waals surface area contributed by atoms with Crippen molar-refractivity contribution in [2.45, 2.75) is 34.1 Å². The highest BCUT2D eigenvalue weighted by Gasteiger charge is 2.18. The summed E-state index contributed by atoms with van der Waals surface area (Å²) in [5.41, 5.74) is 2.63. The van der Waals surface area contributed by atoms with E-state index in [0.29, 0.717) is 5.92 Å². The zero-order valence-electron chi connectivity index (χ0n) is 8.23. The molecule has 0 aliphatic rings. The van der Waals surface area contributed by atoms with Crippen LogP contribution in [0.5, 0.6) is 0 Å². The molecule has 0 spiro atoms. The highest BCUT2D eigenvalue weighted by molar-refractivity contribution is 6.25. The van der Waals surface area contributed by atoms with Crippen LogP contribution in [-0.2, 0) is 4.79 Å². The lowest BCUT2D eigenvalue weighted by Gasteiger charge is -2.17. The van der Waals surface area contributed by atoms with Crippen LogP contribution >= 0.6 is 11.6 Å². The van der Waals surface area contributed by atoms with Crippen LogP contribution in [-0.4, -0.2) is 5.78 Å². The standard InChI is InChI=1S/C10H17ClO/c1-7(2)10(9(4)12)5-8(3)6-11/h6-7,10H,5H2,1-4H3. The van der Waals surface area contributed by atoms with Crippen LogP contribution in [0.3, 0.4) is 0 Å². The minimum atomic E-state index is 0.125. The number of Topliss-reactive ketones (excluding diaryl/α,β-unsaturated/α-hetero) is 1. The fraction of sp³-hybridized carbons (Fsp3) is 0.700. The van der Waals surface area contributed by atoms with Crippen molar-refractivity contribution in [1.29, 1.82) is 0 Å². The van der Waals surface area contributed by atoms with E-state index in [9.17, 15) is 4.79 Å². The number of halogens is 1. The molecule has 0 saturated carbocycles. The van der Waals surface area contributed by atoms with Crippen molar-refractivity contribution >= 4 is 17.4 Å². The molecule has 0 aliphatic carbocycles. The molecule has 0 N–H and O–H groups in total. The second-order valence-electron chi connectivity index (χ2n) is 3.62. The SMILES string of the molecule is CC(=O)C(CC(C)=CCl)C(C)C. The van der Waals surface area contributed by atoms with Crippen LogP contribution in [0.4, 0.5) is 0 Å². The molecule has 2 heteroatoms. The van der Waals surface area contributed by atoms with Crippen LogP contribution in [0.25, 0.3) is 0 Å². The summed E-state index contributed by atoms with van der Waals surface area (Å²) in [5.74, 6) is 0.775. The topological polar surface area (TPSA) is 17.1 Å². The van der Waals surface area contributed by atoms with Crippen molar-refractivity contribution in [2.24, 2.45) is 11.8 Å². The molecule has 0 rings (SSSR count). The van der Waals surface area contributed by atoms with E-state index < -0.39 is 0 Å². The van der Waals surface area contributed by atoms with E-state index in [1.807, 2.05) is 6.92 Å². The Hall–Kier alpha value is -0.300. The largest absolute Gasteiger partial charge is 0.300 e. The number of carbonyl (C=O) groups excluding carboxylic acids is 1. The highest BCUT2D eigenvalue weighted by Crippen LogP contribution is 2.21. The van der Waals surface area contributed by atoms with Crippen LogP contribution in [0, 0.1) is 11.8 Å². The maximum Gasteiger partial charge on any atom is 0.133 e. The number of allylic oxidation sites excluding steroid dienone is 1. The molecule has 0 bridgehead atoms. The Labute approximate surface area is 79.8 Å². The molecule has 0 amide bonds. The molecule has 70 valence electrons. The Bertz CT molecular complexity index is 182. The van der Waals surface area contributed by atoms with Crippen molar-refractivity contribution in [3.05, 3.63) is 11.1 Å². The predicted molar refractivity (Wildman–Crippen MR) is 53.2 cm³/mol. The molecule has 0 fully saturated rings. The summed E-state index contributed by atoms with van der Waals surface area (Å²) in [6, 6.07) is 0. The van der Waals surface area contributed by atoms with Crippen LogP contribution in [0.2, 0.25) is 0 Å². The van der Waals surface area contributed by atoms with Gasteiger partial charge in [0, 0.05) is 11.5 Å². The van der Waals surface area contributed by atoms with Crippen LogP contribution < -0.4 is 0 Å². The Morgan fingerprint density at radius 2 is 1.92 bits per heavy atom. The molecule has 0 heterocycles. The first-order valence-corrected chi connectivity index (χ1v) is 4.69. The van der Waals surface area contributed by atoms with Gasteiger partial charge in [-0.3, -0.25) is 4.79 Å². The Morgan fingerprint density at radius 1 is 1.42 bits per heavy atom. The molecule has 0 aromatic heterocycles. The van der Waals surface area contributed by atoms with Gasteiger partial charge in [-0.2, -0.15) is 0 Å². The van der Waals surface area contributed by atoms with E-state index >= 15 is 0 Å². The molecular formula is C10H17ClO. The zero-order valence-corrected chi connectivity index (χ0v) is 8.98. The first kappa shape index (κ1) is 11.7. The van der Waals surface area contributed by atoms with Crippen molar-refractivity contribution in [1.82, 2.24) is 0 Å². The Morgan fingerprint density at radius 3 is 2.17 bits per heavy atom. The summed E-state index contributed by atoms with van der Waals surface area (Å²) in [5, 5.41) is 0. The van der Waals surface area contributed by atoms with E-state index in [1.54, 1.807) is 12.5 Å². The van der Waals surface area contributed by atoms with E-state index in [-0.39, 0.29) is 11.7 Å². The van der Waals surface area contributed by atoms with E-state index in [0.717, 1.165) is 12.0 Å². The normalized spacial score (nSPS) is 15.0. The van der Waals surface area contributed by atoms with Crippen molar-refractivity contribution in [2.75, 3.05) is 0 Å². The van der Waals surface area contributed by atoms with E-state index in [1.165, 1.54) is 0 Å². The third kappa shape index (κ3) is 3.91. The lowest BCUT2D eigenvalue weighted by atomic mass is 9.87. The first-order valence-electron chi connectivity index (χ1n) is 4.25. The van der Waals surface area contributed by atoms with Crippen molar-refractivity contribution in [3.8, 4) is 0 Å². The summed E-state index contributed by atoms with van der Waals surface area (Å²) in [7, 11) is 0.